The average molecular weight is 292 g/mol. The highest BCUT2D eigenvalue weighted by Gasteiger charge is 2.13. The lowest BCUT2D eigenvalue weighted by molar-refractivity contribution is 0.0940. The molecule has 0 aromatic carbocycles. The second-order valence-electron chi connectivity index (χ2n) is 4.08. The normalized spacial score (nSPS) is 10.9. The molecule has 8 nitrogen and oxygen atoms in total. The molecule has 0 spiro atoms. The Balaban J connectivity index is 1.71. The van der Waals surface area contributed by atoms with Gasteiger partial charge in [0.05, 0.1) is 18.4 Å². The molecule has 3 aromatic heterocycles. The summed E-state index contributed by atoms with van der Waals surface area (Å²) >= 11 is 5.73. The molecule has 0 saturated heterocycles. The third-order valence-electron chi connectivity index (χ3n) is 2.66. The maximum absolute atomic E-state index is 11.8. The first-order valence-corrected chi connectivity index (χ1v) is 6.13. The van der Waals surface area contributed by atoms with Crippen molar-refractivity contribution >= 4 is 23.2 Å². The van der Waals surface area contributed by atoms with Crippen molar-refractivity contribution in [2.24, 2.45) is 7.05 Å². The molecule has 3 rings (SSSR count). The zero-order valence-corrected chi connectivity index (χ0v) is 11.2. The Bertz CT molecular complexity index is 726. The molecule has 0 bridgehead atoms. The molecule has 0 unspecified atom stereocenters. The first kappa shape index (κ1) is 12.5. The topological polar surface area (TPSA) is 90.0 Å². The van der Waals surface area contributed by atoms with Crippen LogP contribution in [0.5, 0.6) is 0 Å². The van der Waals surface area contributed by atoms with E-state index in [9.17, 15) is 4.79 Å². The van der Waals surface area contributed by atoms with E-state index in [1.165, 1.54) is 4.68 Å². The van der Waals surface area contributed by atoms with E-state index in [4.69, 9.17) is 11.6 Å². The number of nitrogens with zero attached hydrogens (tertiary/aromatic N) is 6. The quantitative estimate of drug-likeness (QED) is 0.756. The van der Waals surface area contributed by atoms with E-state index in [2.05, 4.69) is 25.4 Å². The first-order valence-electron chi connectivity index (χ1n) is 5.76. The summed E-state index contributed by atoms with van der Waals surface area (Å²) in [7, 11) is 1.61. The van der Waals surface area contributed by atoms with E-state index in [1.807, 2.05) is 10.6 Å². The number of rotatable bonds is 3. The molecule has 0 radical (unpaired) electrons. The Kier molecular flexibility index (Phi) is 3.07. The minimum Gasteiger partial charge on any atom is -0.344 e. The fourth-order valence-electron chi connectivity index (χ4n) is 1.69. The largest absolute Gasteiger partial charge is 0.344 e. The number of amides is 1. The van der Waals surface area contributed by atoms with Crippen molar-refractivity contribution in [3.63, 3.8) is 0 Å². The second-order valence-corrected chi connectivity index (χ2v) is 4.42. The molecule has 0 aliphatic carbocycles. The number of imidazole rings is 1. The van der Waals surface area contributed by atoms with Crippen molar-refractivity contribution in [2.75, 3.05) is 0 Å². The van der Waals surface area contributed by atoms with E-state index in [1.54, 1.807) is 25.6 Å². The Morgan fingerprint density at radius 2 is 2.30 bits per heavy atom. The molecule has 0 atom stereocenters. The number of hydrogen-bond acceptors (Lipinski definition) is 5. The Morgan fingerprint density at radius 1 is 1.45 bits per heavy atom. The van der Waals surface area contributed by atoms with Crippen LogP contribution in [0.15, 0.2) is 24.8 Å². The lowest BCUT2D eigenvalue weighted by Crippen LogP contribution is -2.24. The van der Waals surface area contributed by atoms with Crippen molar-refractivity contribution in [1.29, 1.82) is 0 Å². The summed E-state index contributed by atoms with van der Waals surface area (Å²) in [6.45, 7) is 0.274. The lowest BCUT2D eigenvalue weighted by atomic mass is 10.4. The maximum Gasteiger partial charge on any atom is 0.291 e. The number of carbonyl (C=O) groups is 1. The summed E-state index contributed by atoms with van der Waals surface area (Å²) in [6.07, 6.45) is 6.91. The maximum atomic E-state index is 11.8. The summed E-state index contributed by atoms with van der Waals surface area (Å²) in [5, 5.41) is 6.74. The standard InChI is InChI=1S/C11H10ClN7O/c1-18-11(12)16-9(17-18)10(20)14-4-7-6-19-3-2-13-5-8(19)15-7/h2-3,5-6H,4H2,1H3,(H,14,20). The minimum atomic E-state index is -0.400. The van der Waals surface area contributed by atoms with Crippen molar-refractivity contribution in [1.82, 2.24) is 34.4 Å². The van der Waals surface area contributed by atoms with Gasteiger partial charge in [-0.25, -0.2) is 9.67 Å². The number of halogens is 1. The monoisotopic (exact) mass is 291 g/mol. The molecule has 0 aliphatic rings. The molecule has 1 N–H and O–H groups in total. The zero-order valence-electron chi connectivity index (χ0n) is 10.5. The van der Waals surface area contributed by atoms with Crippen molar-refractivity contribution in [3.05, 3.63) is 41.6 Å². The number of nitrogens with one attached hydrogen (secondary N) is 1. The van der Waals surface area contributed by atoms with E-state index in [0.717, 1.165) is 5.65 Å². The summed E-state index contributed by atoms with van der Waals surface area (Å²) in [6, 6.07) is 0. The Labute approximate surface area is 118 Å². The molecule has 0 aliphatic heterocycles. The molecule has 102 valence electrons. The summed E-state index contributed by atoms with van der Waals surface area (Å²) in [5.41, 5.74) is 1.43. The first-order chi connectivity index (χ1) is 9.63. The number of aryl methyl sites for hydroxylation is 1. The van der Waals surface area contributed by atoms with Gasteiger partial charge in [-0.15, -0.1) is 5.10 Å². The van der Waals surface area contributed by atoms with Crippen LogP contribution in [0.2, 0.25) is 5.28 Å². The minimum absolute atomic E-state index is 0.0305. The van der Waals surface area contributed by atoms with E-state index in [-0.39, 0.29) is 17.7 Å². The average Bonchev–Trinajstić information content (AvgIpc) is 3.00. The number of aromatic nitrogens is 6. The Morgan fingerprint density at radius 3 is 3.00 bits per heavy atom. The third-order valence-corrected chi connectivity index (χ3v) is 2.99. The van der Waals surface area contributed by atoms with E-state index < -0.39 is 5.91 Å². The van der Waals surface area contributed by atoms with Gasteiger partial charge in [0.25, 0.3) is 5.91 Å². The van der Waals surface area contributed by atoms with Crippen LogP contribution >= 0.6 is 11.6 Å². The van der Waals surface area contributed by atoms with Crippen LogP contribution in [0.1, 0.15) is 16.3 Å². The summed E-state index contributed by atoms with van der Waals surface area (Å²) in [4.78, 5) is 24.0. The number of hydrogen-bond donors (Lipinski definition) is 1. The second kappa shape index (κ2) is 4.89. The van der Waals surface area contributed by atoms with Crippen molar-refractivity contribution in [2.45, 2.75) is 6.54 Å². The molecule has 1 amide bonds. The van der Waals surface area contributed by atoms with Gasteiger partial charge in [0, 0.05) is 25.6 Å². The van der Waals surface area contributed by atoms with Crippen LogP contribution in [0, 0.1) is 0 Å². The molecule has 20 heavy (non-hydrogen) atoms. The predicted octanol–water partition coefficient (Wildman–Crippen LogP) is 0.441. The fraction of sp³-hybridized carbons (Fsp3) is 0.182. The van der Waals surface area contributed by atoms with Gasteiger partial charge in [-0.2, -0.15) is 4.98 Å². The smallest absolute Gasteiger partial charge is 0.291 e. The molecular formula is C11H10ClN7O. The van der Waals surface area contributed by atoms with Gasteiger partial charge >= 0.3 is 0 Å². The summed E-state index contributed by atoms with van der Waals surface area (Å²) < 4.78 is 3.15. The van der Waals surface area contributed by atoms with Gasteiger partial charge in [0.1, 0.15) is 0 Å². The van der Waals surface area contributed by atoms with Crippen LogP contribution in [0.3, 0.4) is 0 Å². The Hall–Kier alpha value is -2.48. The van der Waals surface area contributed by atoms with Gasteiger partial charge in [0.15, 0.2) is 5.65 Å². The van der Waals surface area contributed by atoms with Gasteiger partial charge in [-0.1, -0.05) is 0 Å². The highest BCUT2D eigenvalue weighted by atomic mass is 35.5. The highest BCUT2D eigenvalue weighted by Crippen LogP contribution is 2.05. The highest BCUT2D eigenvalue weighted by molar-refractivity contribution is 6.28. The van der Waals surface area contributed by atoms with Crippen molar-refractivity contribution < 1.29 is 4.79 Å². The molecule has 0 fully saturated rings. The molecule has 9 heteroatoms. The predicted molar refractivity (Wildman–Crippen MR) is 70.2 cm³/mol. The summed E-state index contributed by atoms with van der Waals surface area (Å²) in [5.74, 6) is -0.370. The fourth-order valence-corrected chi connectivity index (χ4v) is 1.81. The lowest BCUT2D eigenvalue weighted by Gasteiger charge is -1.98. The van der Waals surface area contributed by atoms with Gasteiger partial charge in [-0.05, 0) is 11.6 Å². The van der Waals surface area contributed by atoms with Gasteiger partial charge < -0.3 is 9.72 Å². The zero-order chi connectivity index (χ0) is 14.1. The number of carbonyl (C=O) groups excluding carboxylic acids is 1. The van der Waals surface area contributed by atoms with Gasteiger partial charge in [-0.3, -0.25) is 9.78 Å². The molecule has 0 saturated carbocycles. The molecule has 3 aromatic rings. The van der Waals surface area contributed by atoms with Crippen LogP contribution in [-0.2, 0) is 13.6 Å². The van der Waals surface area contributed by atoms with Crippen LogP contribution in [0.25, 0.3) is 5.65 Å². The van der Waals surface area contributed by atoms with Crippen LogP contribution in [0.4, 0.5) is 0 Å². The molecular weight excluding hydrogens is 282 g/mol. The third kappa shape index (κ3) is 2.32. The van der Waals surface area contributed by atoms with Crippen LogP contribution in [-0.4, -0.2) is 35.0 Å². The van der Waals surface area contributed by atoms with Crippen LogP contribution < -0.4 is 5.32 Å². The number of fused-ring (bicyclic) bond motifs is 1. The van der Waals surface area contributed by atoms with Gasteiger partial charge in [0.2, 0.25) is 11.1 Å². The SMILES string of the molecule is Cn1nc(C(=O)NCc2cn3ccncc3n2)nc1Cl. The van der Waals surface area contributed by atoms with Crippen molar-refractivity contribution in [3.8, 4) is 0 Å². The van der Waals surface area contributed by atoms with E-state index in [0.29, 0.717) is 5.69 Å². The molecule has 3 heterocycles. The van der Waals surface area contributed by atoms with E-state index >= 15 is 0 Å².